The average Bonchev–Trinajstić information content (AvgIpc) is 1.87. The number of thioether (sulfide) groups is 1. The van der Waals surface area contributed by atoms with Crippen molar-refractivity contribution in [3.63, 3.8) is 0 Å². The maximum absolute atomic E-state index is 10.7. The first-order valence-corrected chi connectivity index (χ1v) is 4.29. The number of imide groups is 1. The van der Waals surface area contributed by atoms with Crippen LogP contribution in [0.5, 0.6) is 0 Å². The number of amides is 2. The van der Waals surface area contributed by atoms with Crippen molar-refractivity contribution in [2.24, 2.45) is 0 Å². The minimum Gasteiger partial charge on any atom is -0.450 e. The first-order valence-electron chi connectivity index (χ1n) is 3.31. The number of alkyl carbamates (subject to hydrolysis) is 1. The number of rotatable bonds is 2. The van der Waals surface area contributed by atoms with Gasteiger partial charge in [0.15, 0.2) is 0 Å². The highest BCUT2D eigenvalue weighted by atomic mass is 32.2. The molecule has 0 aromatic carbocycles. The third-order valence-electron chi connectivity index (χ3n) is 0.755. The summed E-state index contributed by atoms with van der Waals surface area (Å²) in [6.45, 7) is 3.78. The molecular formula is C6H11NO3S. The van der Waals surface area contributed by atoms with Crippen molar-refractivity contribution in [1.29, 1.82) is 0 Å². The van der Waals surface area contributed by atoms with Crippen LogP contribution in [0.2, 0.25) is 0 Å². The van der Waals surface area contributed by atoms with Crippen LogP contribution in [-0.2, 0) is 4.74 Å². The van der Waals surface area contributed by atoms with E-state index in [1.165, 1.54) is 0 Å². The van der Waals surface area contributed by atoms with E-state index in [9.17, 15) is 9.59 Å². The number of carbonyl (C=O) groups excluding carboxylic acids is 2. The van der Waals surface area contributed by atoms with Crippen LogP contribution in [0.15, 0.2) is 0 Å². The summed E-state index contributed by atoms with van der Waals surface area (Å²) in [5, 5.41) is 1.68. The van der Waals surface area contributed by atoms with E-state index in [1.807, 2.05) is 12.2 Å². The lowest BCUT2D eigenvalue weighted by atomic mass is 10.9. The van der Waals surface area contributed by atoms with Gasteiger partial charge in [-0.25, -0.2) is 4.79 Å². The molecule has 64 valence electrons. The van der Waals surface area contributed by atoms with Crippen molar-refractivity contribution in [2.45, 2.75) is 13.8 Å². The molecule has 0 radical (unpaired) electrons. The summed E-state index contributed by atoms with van der Waals surface area (Å²) >= 11 is 1.03. The highest BCUT2D eigenvalue weighted by Crippen LogP contribution is 1.98. The number of carbonyl (C=O) groups is 2. The van der Waals surface area contributed by atoms with Gasteiger partial charge < -0.3 is 4.74 Å². The molecule has 1 N–H and O–H groups in total. The lowest BCUT2D eigenvalue weighted by Gasteiger charge is -2.01. The minimum atomic E-state index is -0.682. The van der Waals surface area contributed by atoms with E-state index in [2.05, 4.69) is 4.74 Å². The highest BCUT2D eigenvalue weighted by molar-refractivity contribution is 8.13. The van der Waals surface area contributed by atoms with Gasteiger partial charge in [0.2, 0.25) is 0 Å². The molecule has 2 amide bonds. The van der Waals surface area contributed by atoms with Crippen molar-refractivity contribution in [3.05, 3.63) is 0 Å². The monoisotopic (exact) mass is 177 g/mol. The van der Waals surface area contributed by atoms with Gasteiger partial charge in [0.25, 0.3) is 5.24 Å². The number of hydrogen-bond donors (Lipinski definition) is 1. The summed E-state index contributed by atoms with van der Waals surface area (Å²) < 4.78 is 4.47. The van der Waals surface area contributed by atoms with Gasteiger partial charge in [-0.3, -0.25) is 10.1 Å². The SMILES string of the molecule is CCOC(=O)NC(=O)SCC. The van der Waals surface area contributed by atoms with Crippen molar-refractivity contribution < 1.29 is 14.3 Å². The van der Waals surface area contributed by atoms with Crippen molar-refractivity contribution in [1.82, 2.24) is 5.32 Å². The Hall–Kier alpha value is -0.710. The molecule has 0 bridgehead atoms. The molecule has 11 heavy (non-hydrogen) atoms. The van der Waals surface area contributed by atoms with Crippen LogP contribution in [0, 0.1) is 0 Å². The Morgan fingerprint density at radius 3 is 2.55 bits per heavy atom. The molecule has 0 fully saturated rings. The van der Waals surface area contributed by atoms with Crippen LogP contribution in [0.25, 0.3) is 0 Å². The molecule has 0 unspecified atom stereocenters. The molecular weight excluding hydrogens is 166 g/mol. The molecule has 0 aliphatic heterocycles. The van der Waals surface area contributed by atoms with E-state index in [0.29, 0.717) is 5.75 Å². The predicted octanol–water partition coefficient (Wildman–Crippen LogP) is 1.61. The molecule has 0 aliphatic rings. The highest BCUT2D eigenvalue weighted by Gasteiger charge is 2.06. The number of ether oxygens (including phenoxy) is 1. The van der Waals surface area contributed by atoms with Gasteiger partial charge in [-0.05, 0) is 12.7 Å². The summed E-state index contributed by atoms with van der Waals surface area (Å²) in [4.78, 5) is 21.2. The summed E-state index contributed by atoms with van der Waals surface area (Å²) in [5.74, 6) is 0.644. The number of hydrogen-bond acceptors (Lipinski definition) is 4. The standard InChI is InChI=1S/C6H11NO3S/c1-3-10-5(8)7-6(9)11-4-2/h3-4H2,1-2H3,(H,7,8,9). The molecule has 0 spiro atoms. The second-order valence-electron chi connectivity index (χ2n) is 1.57. The van der Waals surface area contributed by atoms with Crippen LogP contribution in [0.3, 0.4) is 0 Å². The van der Waals surface area contributed by atoms with Crippen LogP contribution < -0.4 is 5.32 Å². The molecule has 0 atom stereocenters. The fourth-order valence-electron chi connectivity index (χ4n) is 0.418. The van der Waals surface area contributed by atoms with Crippen LogP contribution in [0.1, 0.15) is 13.8 Å². The van der Waals surface area contributed by atoms with E-state index in [4.69, 9.17) is 0 Å². The molecule has 0 rings (SSSR count). The van der Waals surface area contributed by atoms with Crippen molar-refractivity contribution in [3.8, 4) is 0 Å². The van der Waals surface area contributed by atoms with Gasteiger partial charge in [0, 0.05) is 0 Å². The second kappa shape index (κ2) is 6.03. The van der Waals surface area contributed by atoms with Crippen LogP contribution in [0.4, 0.5) is 9.59 Å². The average molecular weight is 177 g/mol. The topological polar surface area (TPSA) is 55.4 Å². The Morgan fingerprint density at radius 1 is 1.45 bits per heavy atom. The Bertz CT molecular complexity index is 133. The summed E-state index contributed by atoms with van der Waals surface area (Å²) in [7, 11) is 0. The number of nitrogens with one attached hydrogen (secondary N) is 1. The van der Waals surface area contributed by atoms with E-state index >= 15 is 0 Å². The zero-order chi connectivity index (χ0) is 8.69. The van der Waals surface area contributed by atoms with Gasteiger partial charge in [-0.1, -0.05) is 18.7 Å². The summed E-state index contributed by atoms with van der Waals surface area (Å²) in [5.41, 5.74) is 0. The van der Waals surface area contributed by atoms with Crippen LogP contribution >= 0.6 is 11.8 Å². The van der Waals surface area contributed by atoms with Gasteiger partial charge in [-0.2, -0.15) is 0 Å². The molecule has 0 aromatic heterocycles. The van der Waals surface area contributed by atoms with Crippen molar-refractivity contribution >= 4 is 23.1 Å². The Morgan fingerprint density at radius 2 is 2.09 bits per heavy atom. The van der Waals surface area contributed by atoms with Gasteiger partial charge in [0.05, 0.1) is 6.61 Å². The smallest absolute Gasteiger partial charge is 0.414 e. The van der Waals surface area contributed by atoms with E-state index < -0.39 is 6.09 Å². The van der Waals surface area contributed by atoms with E-state index in [0.717, 1.165) is 11.8 Å². The molecule has 0 saturated carbocycles. The summed E-state index contributed by atoms with van der Waals surface area (Å²) in [6, 6.07) is 0. The third-order valence-corrected chi connectivity index (χ3v) is 1.41. The second-order valence-corrected chi connectivity index (χ2v) is 2.80. The largest absolute Gasteiger partial charge is 0.450 e. The lowest BCUT2D eigenvalue weighted by Crippen LogP contribution is -2.27. The maximum Gasteiger partial charge on any atom is 0.414 e. The predicted molar refractivity (Wildman–Crippen MR) is 43.7 cm³/mol. The van der Waals surface area contributed by atoms with Gasteiger partial charge in [0.1, 0.15) is 0 Å². The molecule has 0 aliphatic carbocycles. The quantitative estimate of drug-likeness (QED) is 0.696. The molecule has 5 heteroatoms. The Labute approximate surface area is 69.7 Å². The zero-order valence-electron chi connectivity index (χ0n) is 6.55. The van der Waals surface area contributed by atoms with Crippen LogP contribution in [-0.4, -0.2) is 23.7 Å². The van der Waals surface area contributed by atoms with E-state index in [1.54, 1.807) is 6.92 Å². The first-order chi connectivity index (χ1) is 5.20. The Balaban J connectivity index is 3.49. The fraction of sp³-hybridized carbons (Fsp3) is 0.667. The molecule has 4 nitrogen and oxygen atoms in total. The molecule has 0 heterocycles. The lowest BCUT2D eigenvalue weighted by molar-refractivity contribution is 0.155. The Kier molecular flexibility index (Phi) is 5.64. The summed E-state index contributed by atoms with van der Waals surface area (Å²) in [6.07, 6.45) is -0.682. The van der Waals surface area contributed by atoms with E-state index in [-0.39, 0.29) is 11.8 Å². The molecule has 0 aromatic rings. The third kappa shape index (κ3) is 5.72. The zero-order valence-corrected chi connectivity index (χ0v) is 7.36. The fourth-order valence-corrected chi connectivity index (χ4v) is 0.835. The first kappa shape index (κ1) is 10.3. The normalized spacial score (nSPS) is 8.91. The molecule has 0 saturated heterocycles. The van der Waals surface area contributed by atoms with Gasteiger partial charge >= 0.3 is 6.09 Å². The van der Waals surface area contributed by atoms with Gasteiger partial charge in [-0.15, -0.1) is 0 Å². The maximum atomic E-state index is 10.7. The van der Waals surface area contributed by atoms with Crippen molar-refractivity contribution in [2.75, 3.05) is 12.4 Å². The minimum absolute atomic E-state index is 0.274.